The highest BCUT2D eigenvalue weighted by molar-refractivity contribution is 5.67. The van der Waals surface area contributed by atoms with Crippen molar-refractivity contribution in [2.75, 3.05) is 7.11 Å². The molecule has 0 aromatic heterocycles. The summed E-state index contributed by atoms with van der Waals surface area (Å²) in [6.07, 6.45) is -0.574. The van der Waals surface area contributed by atoms with Gasteiger partial charge in [-0.2, -0.15) is 0 Å². The van der Waals surface area contributed by atoms with E-state index in [-0.39, 0.29) is 6.04 Å². The van der Waals surface area contributed by atoms with Gasteiger partial charge in [0.25, 0.3) is 0 Å². The molecule has 0 aliphatic carbocycles. The van der Waals surface area contributed by atoms with Crippen LogP contribution in [-0.4, -0.2) is 18.2 Å². The van der Waals surface area contributed by atoms with Gasteiger partial charge in [0.2, 0.25) is 0 Å². The molecule has 74 valence electrons. The molecule has 1 aromatic rings. The zero-order valence-electron chi connectivity index (χ0n) is 8.15. The molecule has 1 aromatic carbocycles. The summed E-state index contributed by atoms with van der Waals surface area (Å²) in [6.45, 7) is 1.79. The van der Waals surface area contributed by atoms with E-state index in [1.807, 2.05) is 12.1 Å². The molecule has 2 N–H and O–H groups in total. The largest absolute Gasteiger partial charge is 0.452 e. The summed E-state index contributed by atoms with van der Waals surface area (Å²) in [5.74, 6) is 5.53. The predicted octanol–water partition coefficient (Wildman–Crippen LogP) is 1.29. The van der Waals surface area contributed by atoms with Crippen molar-refractivity contribution < 1.29 is 9.53 Å². The van der Waals surface area contributed by atoms with Gasteiger partial charge in [-0.25, -0.2) is 15.6 Å². The van der Waals surface area contributed by atoms with Gasteiger partial charge in [-0.3, -0.25) is 0 Å². The Morgan fingerprint density at radius 3 is 2.93 bits per heavy atom. The number of amides is 1. The number of carbonyl (C=O) groups excluding carboxylic acids is 1. The van der Waals surface area contributed by atoms with Crippen LogP contribution >= 0.6 is 0 Å². The van der Waals surface area contributed by atoms with Crippen LogP contribution in [0.3, 0.4) is 0 Å². The Bertz CT molecular complexity index is 300. The van der Waals surface area contributed by atoms with Gasteiger partial charge in [0.05, 0.1) is 13.2 Å². The minimum Gasteiger partial charge on any atom is -0.452 e. The van der Waals surface area contributed by atoms with Crippen molar-refractivity contribution in [3.8, 4) is 0 Å². The lowest BCUT2D eigenvalue weighted by Gasteiger charge is -2.21. The first-order chi connectivity index (χ1) is 6.66. The quantitative estimate of drug-likeness (QED) is 0.436. The van der Waals surface area contributed by atoms with Crippen molar-refractivity contribution >= 4 is 6.09 Å². The molecule has 1 atom stereocenters. The smallest absolute Gasteiger partial charge is 0.424 e. The molecule has 4 nitrogen and oxygen atoms in total. The zero-order valence-corrected chi connectivity index (χ0v) is 8.15. The fourth-order valence-electron chi connectivity index (χ4n) is 1.02. The maximum absolute atomic E-state index is 11.1. The molecule has 0 aliphatic heterocycles. The molecule has 0 aliphatic rings. The average Bonchev–Trinajstić information content (AvgIpc) is 2.27. The van der Waals surface area contributed by atoms with Crippen molar-refractivity contribution in [3.63, 3.8) is 0 Å². The normalized spacial score (nSPS) is 11.4. The summed E-state index contributed by atoms with van der Waals surface area (Å²) < 4.78 is 4.49. The summed E-state index contributed by atoms with van der Waals surface area (Å²) >= 11 is 0. The molecule has 0 saturated carbocycles. The highest BCUT2D eigenvalue weighted by Crippen LogP contribution is 2.14. The Balaban J connectivity index is 2.75. The second kappa shape index (κ2) is 4.49. The summed E-state index contributed by atoms with van der Waals surface area (Å²) in [7, 11) is 1.29. The Morgan fingerprint density at radius 2 is 2.43 bits per heavy atom. The molecule has 0 spiro atoms. The summed E-state index contributed by atoms with van der Waals surface area (Å²) in [5.41, 5.74) is 0.792. The Hall–Kier alpha value is -1.73. The third-order valence-corrected chi connectivity index (χ3v) is 1.92. The fourth-order valence-corrected chi connectivity index (χ4v) is 1.02. The third-order valence-electron chi connectivity index (χ3n) is 1.92. The molecule has 0 heterocycles. The van der Waals surface area contributed by atoms with E-state index < -0.39 is 6.09 Å². The number of methoxy groups -OCH3 is 1. The number of nitrogens with two attached hydrogens (primary N) is 1. The van der Waals surface area contributed by atoms with E-state index in [2.05, 4.69) is 16.9 Å². The maximum atomic E-state index is 11.1. The van der Waals surface area contributed by atoms with Crippen LogP contribution in [0, 0.1) is 12.1 Å². The van der Waals surface area contributed by atoms with Gasteiger partial charge in [0.15, 0.2) is 0 Å². The summed E-state index contributed by atoms with van der Waals surface area (Å²) in [5, 5.41) is 1.01. The predicted molar refractivity (Wildman–Crippen MR) is 51.0 cm³/mol. The molecule has 0 radical (unpaired) electrons. The SMILES string of the molecule is COC(=O)N(N)[C@H](C)c1c#cccc1. The number of hydrazine groups is 1. The molecule has 0 saturated heterocycles. The molecular formula is C10H12N2O2. The molecule has 14 heavy (non-hydrogen) atoms. The van der Waals surface area contributed by atoms with Crippen molar-refractivity contribution in [2.45, 2.75) is 13.0 Å². The third kappa shape index (κ3) is 2.15. The van der Waals surface area contributed by atoms with E-state index in [9.17, 15) is 4.79 Å². The molecule has 1 amide bonds. The average molecular weight is 192 g/mol. The maximum Gasteiger partial charge on any atom is 0.424 e. The van der Waals surface area contributed by atoms with E-state index in [4.69, 9.17) is 5.84 Å². The second-order valence-electron chi connectivity index (χ2n) is 2.80. The monoisotopic (exact) mass is 192 g/mol. The van der Waals surface area contributed by atoms with Crippen LogP contribution in [-0.2, 0) is 4.74 Å². The summed E-state index contributed by atoms with van der Waals surface area (Å²) in [6, 6.07) is 10.8. The van der Waals surface area contributed by atoms with Crippen LogP contribution in [0.4, 0.5) is 4.79 Å². The minimum absolute atomic E-state index is 0.278. The van der Waals surface area contributed by atoms with E-state index in [0.29, 0.717) is 0 Å². The van der Waals surface area contributed by atoms with Gasteiger partial charge in [0, 0.05) is 5.56 Å². The van der Waals surface area contributed by atoms with Crippen molar-refractivity contribution in [3.05, 3.63) is 35.9 Å². The topological polar surface area (TPSA) is 55.6 Å². The lowest BCUT2D eigenvalue weighted by molar-refractivity contribution is 0.108. The van der Waals surface area contributed by atoms with Gasteiger partial charge >= 0.3 is 6.09 Å². The van der Waals surface area contributed by atoms with E-state index in [0.717, 1.165) is 10.6 Å². The molecule has 1 rings (SSSR count). The number of rotatable bonds is 2. The van der Waals surface area contributed by atoms with Crippen molar-refractivity contribution in [2.24, 2.45) is 5.84 Å². The van der Waals surface area contributed by atoms with Gasteiger partial charge in [-0.1, -0.05) is 18.2 Å². The minimum atomic E-state index is -0.574. The van der Waals surface area contributed by atoms with Crippen LogP contribution in [0.25, 0.3) is 0 Å². The first-order valence-corrected chi connectivity index (χ1v) is 4.17. The van der Waals surface area contributed by atoms with E-state index in [1.165, 1.54) is 7.11 Å². The Morgan fingerprint density at radius 1 is 1.71 bits per heavy atom. The number of hydrogen-bond donors (Lipinski definition) is 1. The number of nitrogens with zero attached hydrogens (tertiary/aromatic N) is 1. The van der Waals surface area contributed by atoms with Gasteiger partial charge in [-0.15, -0.1) is 0 Å². The Kier molecular flexibility index (Phi) is 3.32. The van der Waals surface area contributed by atoms with Crippen LogP contribution in [0.1, 0.15) is 18.5 Å². The highest BCUT2D eigenvalue weighted by atomic mass is 16.5. The van der Waals surface area contributed by atoms with Gasteiger partial charge in [0.1, 0.15) is 0 Å². The van der Waals surface area contributed by atoms with Crippen LogP contribution < -0.4 is 5.84 Å². The lowest BCUT2D eigenvalue weighted by atomic mass is 10.1. The zero-order chi connectivity index (χ0) is 10.6. The number of carbonyl (C=O) groups is 1. The Labute approximate surface area is 83.2 Å². The van der Waals surface area contributed by atoms with Crippen molar-refractivity contribution in [1.29, 1.82) is 0 Å². The lowest BCUT2D eigenvalue weighted by Crippen LogP contribution is -2.39. The molecule has 0 unspecified atom stereocenters. The van der Waals surface area contributed by atoms with Gasteiger partial charge in [-0.05, 0) is 19.1 Å². The fraction of sp³-hybridized carbons (Fsp3) is 0.300. The second-order valence-corrected chi connectivity index (χ2v) is 2.80. The first kappa shape index (κ1) is 10.4. The first-order valence-electron chi connectivity index (χ1n) is 4.17. The molecule has 0 bridgehead atoms. The standard InChI is InChI=1S/C10H12N2O2/c1-8(12(11)10(13)14-2)9-6-4-3-5-7-9/h3-4,6,8H,11H2,1-2H3/t8-/m1/s1. The van der Waals surface area contributed by atoms with E-state index in [1.54, 1.807) is 13.0 Å². The number of ether oxygens (including phenoxy) is 1. The summed E-state index contributed by atoms with van der Waals surface area (Å²) in [4.78, 5) is 11.1. The molecule has 0 fully saturated rings. The number of hydrogen-bond acceptors (Lipinski definition) is 3. The molecular weight excluding hydrogens is 180 g/mol. The van der Waals surface area contributed by atoms with E-state index >= 15 is 0 Å². The highest BCUT2D eigenvalue weighted by Gasteiger charge is 2.18. The molecule has 4 heteroatoms. The van der Waals surface area contributed by atoms with Crippen LogP contribution in [0.5, 0.6) is 0 Å². The van der Waals surface area contributed by atoms with Crippen LogP contribution in [0.15, 0.2) is 18.2 Å². The van der Waals surface area contributed by atoms with Gasteiger partial charge < -0.3 is 4.74 Å². The van der Waals surface area contributed by atoms with Crippen molar-refractivity contribution in [1.82, 2.24) is 5.01 Å². The van der Waals surface area contributed by atoms with Crippen LogP contribution in [0.2, 0.25) is 0 Å².